The number of hydrogen-bond acceptors (Lipinski definition) is 4. The lowest BCUT2D eigenvalue weighted by Crippen LogP contribution is -1.92. The van der Waals surface area contributed by atoms with Crippen LogP contribution in [0.25, 0.3) is 184 Å². The number of aromatic nitrogens is 2. The van der Waals surface area contributed by atoms with E-state index in [9.17, 15) is 0 Å². The van der Waals surface area contributed by atoms with Crippen LogP contribution in [0.3, 0.4) is 0 Å². The van der Waals surface area contributed by atoms with E-state index in [0.29, 0.717) is 0 Å². The molecule has 440 valence electrons. The van der Waals surface area contributed by atoms with E-state index in [1.165, 1.54) is 107 Å². The van der Waals surface area contributed by atoms with Crippen molar-refractivity contribution in [2.75, 3.05) is 0 Å². The third kappa shape index (κ3) is 8.79. The van der Waals surface area contributed by atoms with Gasteiger partial charge >= 0.3 is 0 Å². The first-order chi connectivity index (χ1) is 46.6. The third-order valence-corrected chi connectivity index (χ3v) is 21.3. The van der Waals surface area contributed by atoms with Crippen molar-refractivity contribution in [2.24, 2.45) is 0 Å². The fraction of sp³-hybridized carbons (Fsp3) is 0. The van der Waals surface area contributed by atoms with Crippen molar-refractivity contribution < 1.29 is 8.83 Å². The Morgan fingerprint density at radius 3 is 1.16 bits per heavy atom. The molecule has 0 atom stereocenters. The maximum absolute atomic E-state index is 6.52. The van der Waals surface area contributed by atoms with Gasteiger partial charge in [0.25, 0.3) is 0 Å². The van der Waals surface area contributed by atoms with Crippen molar-refractivity contribution in [1.82, 2.24) is 9.13 Å². The summed E-state index contributed by atoms with van der Waals surface area (Å²) >= 11 is 3.76. The zero-order chi connectivity index (χ0) is 61.8. The molecule has 6 heterocycles. The Hall–Kier alpha value is -11.8. The highest BCUT2D eigenvalue weighted by Gasteiger charge is 2.23. The Balaban J connectivity index is 0.000000133. The van der Waals surface area contributed by atoms with Crippen LogP contribution in [0, 0.1) is 0 Å². The second-order valence-electron chi connectivity index (χ2n) is 24.2. The number of fused-ring (bicyclic) bond motifs is 16. The van der Waals surface area contributed by atoms with Crippen LogP contribution >= 0.6 is 22.7 Å². The molecular formula is C88H54N2O2S2. The molecule has 4 nitrogen and oxygen atoms in total. The van der Waals surface area contributed by atoms with Gasteiger partial charge in [-0.1, -0.05) is 237 Å². The maximum atomic E-state index is 6.52. The molecule has 0 radical (unpaired) electrons. The molecule has 6 heteroatoms. The van der Waals surface area contributed by atoms with Gasteiger partial charge in [0.05, 0.1) is 11.0 Å². The summed E-state index contributed by atoms with van der Waals surface area (Å²) in [6, 6.07) is 118. The van der Waals surface area contributed by atoms with Crippen LogP contribution < -0.4 is 0 Å². The molecule has 94 heavy (non-hydrogen) atoms. The summed E-state index contributed by atoms with van der Waals surface area (Å²) < 4.78 is 23.0. The molecule has 0 aliphatic heterocycles. The lowest BCUT2D eigenvalue weighted by molar-refractivity contribution is 0.672. The SMILES string of the molecule is c1ccc(-c2ccc3sc4c(-c5ccc(-c6ccc7oc8c9ccccc9n(-c9ccccc9)c8c7c6)cc5)cccc4c3c2)cc1.c1ccc(-c2cccc3c2sc2cccc(-c4ccc(-c5ccc6oc7c8ccccc8n(-c8ccccc8)c7c6c5)cc4)c23)cc1. The van der Waals surface area contributed by atoms with E-state index in [1.807, 2.05) is 22.7 Å². The summed E-state index contributed by atoms with van der Waals surface area (Å²) in [7, 11) is 0. The van der Waals surface area contributed by atoms with Crippen molar-refractivity contribution in [3.05, 3.63) is 328 Å². The fourth-order valence-corrected chi connectivity index (χ4v) is 16.9. The standard InChI is InChI=1S/2C44H27NOS/c1-3-11-29(12-4-1)34-17-9-18-36-41-33(16-10-20-40(41)47-44(34)36)30-23-21-28(22-24-30)31-25-26-39-37(27-31)42-43(46-39)35-15-7-8-19-38(35)45(42)32-13-5-2-6-14-32;1-3-10-28(11-4-1)32-23-25-41-37(26-32)35-16-9-15-34(44(35)47-41)30-20-18-29(19-21-30)31-22-24-40-38(27-31)42-43(46-40)36-14-7-8-17-39(36)45(42)33-12-5-2-6-13-33/h2*1-27H. The van der Waals surface area contributed by atoms with E-state index < -0.39 is 0 Å². The fourth-order valence-electron chi connectivity index (χ4n) is 14.4. The summed E-state index contributed by atoms with van der Waals surface area (Å²) in [5, 5.41) is 9.75. The minimum atomic E-state index is 0.900. The molecule has 0 amide bonds. The van der Waals surface area contributed by atoms with Crippen LogP contribution in [0.15, 0.2) is 336 Å². The summed E-state index contributed by atoms with van der Waals surface area (Å²) in [6.45, 7) is 0. The van der Waals surface area contributed by atoms with Crippen LogP contribution in [0.4, 0.5) is 0 Å². The second-order valence-corrected chi connectivity index (χ2v) is 26.3. The van der Waals surface area contributed by atoms with Crippen LogP contribution in [0.5, 0.6) is 0 Å². The highest BCUT2D eigenvalue weighted by molar-refractivity contribution is 7.26. The average Bonchev–Trinajstić information content (AvgIpc) is 1.64. The van der Waals surface area contributed by atoms with E-state index in [1.54, 1.807) is 0 Å². The minimum absolute atomic E-state index is 0.900. The van der Waals surface area contributed by atoms with E-state index >= 15 is 0 Å². The molecule has 0 saturated heterocycles. The zero-order valence-electron chi connectivity index (χ0n) is 50.7. The molecule has 20 rings (SSSR count). The van der Waals surface area contributed by atoms with Gasteiger partial charge in [0.15, 0.2) is 11.2 Å². The first kappa shape index (κ1) is 54.0. The smallest absolute Gasteiger partial charge is 0.161 e. The Morgan fingerprint density at radius 2 is 0.606 bits per heavy atom. The van der Waals surface area contributed by atoms with E-state index in [2.05, 4.69) is 337 Å². The van der Waals surface area contributed by atoms with Crippen LogP contribution in [0.2, 0.25) is 0 Å². The molecule has 0 aliphatic carbocycles. The van der Waals surface area contributed by atoms with Gasteiger partial charge in [-0.2, -0.15) is 0 Å². The molecule has 20 aromatic rings. The Morgan fingerprint density at radius 1 is 0.234 bits per heavy atom. The first-order valence-electron chi connectivity index (χ1n) is 31.9. The topological polar surface area (TPSA) is 36.1 Å². The van der Waals surface area contributed by atoms with Crippen molar-refractivity contribution in [1.29, 1.82) is 0 Å². The van der Waals surface area contributed by atoms with Gasteiger partial charge in [-0.3, -0.25) is 0 Å². The first-order valence-corrected chi connectivity index (χ1v) is 33.5. The van der Waals surface area contributed by atoms with E-state index in [0.717, 1.165) is 77.3 Å². The third-order valence-electron chi connectivity index (χ3n) is 18.8. The minimum Gasteiger partial charge on any atom is -0.454 e. The molecule has 0 fully saturated rings. The van der Waals surface area contributed by atoms with Gasteiger partial charge in [-0.25, -0.2) is 0 Å². The molecular weight excluding hydrogens is 1180 g/mol. The zero-order valence-corrected chi connectivity index (χ0v) is 52.3. The van der Waals surface area contributed by atoms with Gasteiger partial charge in [0.2, 0.25) is 0 Å². The predicted octanol–water partition coefficient (Wildman–Crippen LogP) is 25.8. The van der Waals surface area contributed by atoms with Crippen molar-refractivity contribution in [2.45, 2.75) is 0 Å². The van der Waals surface area contributed by atoms with Gasteiger partial charge in [0, 0.05) is 73.3 Å². The van der Waals surface area contributed by atoms with E-state index in [4.69, 9.17) is 8.83 Å². The molecule has 0 saturated carbocycles. The van der Waals surface area contributed by atoms with Gasteiger partial charge in [-0.15, -0.1) is 22.7 Å². The van der Waals surface area contributed by atoms with Crippen molar-refractivity contribution in [3.8, 4) is 78.1 Å². The number of thiophene rings is 2. The van der Waals surface area contributed by atoms with Gasteiger partial charge < -0.3 is 18.0 Å². The van der Waals surface area contributed by atoms with Crippen LogP contribution in [-0.2, 0) is 0 Å². The summed E-state index contributed by atoms with van der Waals surface area (Å²) in [5.41, 5.74) is 25.2. The second kappa shape index (κ2) is 22.0. The number of benzene rings is 14. The largest absolute Gasteiger partial charge is 0.454 e. The summed E-state index contributed by atoms with van der Waals surface area (Å²) in [6.07, 6.45) is 0. The number of para-hydroxylation sites is 4. The number of nitrogens with zero attached hydrogens (tertiary/aromatic N) is 2. The summed E-state index contributed by atoms with van der Waals surface area (Å²) in [4.78, 5) is 0. The molecule has 0 N–H and O–H groups in total. The Bertz CT molecular complexity index is 6310. The van der Waals surface area contributed by atoms with Gasteiger partial charge in [-0.05, 0) is 158 Å². The molecule has 14 aromatic carbocycles. The average molecular weight is 1240 g/mol. The number of furan rings is 2. The Kier molecular flexibility index (Phi) is 12.6. The summed E-state index contributed by atoms with van der Waals surface area (Å²) in [5.74, 6) is 0. The molecule has 0 spiro atoms. The monoisotopic (exact) mass is 1230 g/mol. The molecule has 0 aliphatic rings. The van der Waals surface area contributed by atoms with Crippen molar-refractivity contribution >= 4 is 129 Å². The van der Waals surface area contributed by atoms with Gasteiger partial charge in [0.1, 0.15) is 22.2 Å². The molecule has 0 unspecified atom stereocenters. The number of rotatable bonds is 8. The van der Waals surface area contributed by atoms with Crippen LogP contribution in [0.1, 0.15) is 0 Å². The van der Waals surface area contributed by atoms with Crippen LogP contribution in [-0.4, -0.2) is 9.13 Å². The molecule has 6 aromatic heterocycles. The lowest BCUT2D eigenvalue weighted by atomic mass is 9.95. The molecule has 0 bridgehead atoms. The van der Waals surface area contributed by atoms with E-state index in [-0.39, 0.29) is 0 Å². The lowest BCUT2D eigenvalue weighted by Gasteiger charge is -2.09. The quantitative estimate of drug-likeness (QED) is 0.152. The Labute approximate surface area is 548 Å². The number of hydrogen-bond donors (Lipinski definition) is 0. The van der Waals surface area contributed by atoms with Crippen molar-refractivity contribution in [3.63, 3.8) is 0 Å². The normalized spacial score (nSPS) is 11.8. The maximum Gasteiger partial charge on any atom is 0.161 e. The highest BCUT2D eigenvalue weighted by Crippen LogP contribution is 2.47. The highest BCUT2D eigenvalue weighted by atomic mass is 32.1. The predicted molar refractivity (Wildman–Crippen MR) is 400 cm³/mol.